The molecule has 3 heteroatoms. The molecule has 0 amide bonds. The summed E-state index contributed by atoms with van der Waals surface area (Å²) >= 11 is 0. The van der Waals surface area contributed by atoms with Crippen molar-refractivity contribution < 1.29 is 0 Å². The third-order valence-electron chi connectivity index (χ3n) is 2.80. The molecule has 0 radical (unpaired) electrons. The van der Waals surface area contributed by atoms with Crippen molar-refractivity contribution in [2.45, 2.75) is 26.2 Å². The second-order valence-corrected chi connectivity index (χ2v) is 4.33. The quantitative estimate of drug-likeness (QED) is 0.802. The summed E-state index contributed by atoms with van der Waals surface area (Å²) in [6.07, 6.45) is 5.75. The average molecular weight is 205 g/mol. The Bertz CT molecular complexity index is 320. The lowest BCUT2D eigenvalue weighted by molar-refractivity contribution is 0.708. The van der Waals surface area contributed by atoms with E-state index in [1.807, 2.05) is 6.07 Å². The Hall–Kier alpha value is -1.25. The van der Waals surface area contributed by atoms with E-state index in [0.29, 0.717) is 5.82 Å². The zero-order chi connectivity index (χ0) is 10.7. The van der Waals surface area contributed by atoms with E-state index < -0.39 is 0 Å². The fourth-order valence-electron chi connectivity index (χ4n) is 1.84. The summed E-state index contributed by atoms with van der Waals surface area (Å²) in [5.74, 6) is 1.52. The van der Waals surface area contributed by atoms with Gasteiger partial charge in [0.2, 0.25) is 0 Å². The Morgan fingerprint density at radius 3 is 2.93 bits per heavy atom. The third-order valence-corrected chi connectivity index (χ3v) is 2.80. The molecule has 82 valence electrons. The Labute approximate surface area is 91.3 Å². The molecule has 3 nitrogen and oxygen atoms in total. The number of hydrogen-bond donors (Lipinski definition) is 1. The van der Waals surface area contributed by atoms with E-state index in [9.17, 15) is 0 Å². The molecule has 0 aromatic carbocycles. The van der Waals surface area contributed by atoms with Crippen LogP contribution in [0.4, 0.5) is 11.5 Å². The second-order valence-electron chi connectivity index (χ2n) is 4.33. The van der Waals surface area contributed by atoms with Crippen LogP contribution in [0.25, 0.3) is 0 Å². The lowest BCUT2D eigenvalue weighted by Crippen LogP contribution is -2.26. The normalized spacial score (nSPS) is 15.3. The maximum Gasteiger partial charge on any atom is 0.125 e. The Balaban J connectivity index is 2.07. The summed E-state index contributed by atoms with van der Waals surface area (Å²) < 4.78 is 0. The van der Waals surface area contributed by atoms with Crippen LogP contribution in [0.3, 0.4) is 0 Å². The van der Waals surface area contributed by atoms with Crippen LogP contribution in [0.15, 0.2) is 18.3 Å². The predicted octanol–water partition coefficient (Wildman–Crippen LogP) is 2.29. The van der Waals surface area contributed by atoms with E-state index in [0.717, 1.165) is 12.5 Å². The van der Waals surface area contributed by atoms with Gasteiger partial charge < -0.3 is 10.6 Å². The summed E-state index contributed by atoms with van der Waals surface area (Å²) in [7, 11) is 0. The van der Waals surface area contributed by atoms with Gasteiger partial charge in [0, 0.05) is 31.0 Å². The number of anilines is 2. The molecule has 2 rings (SSSR count). The molecule has 1 heterocycles. The van der Waals surface area contributed by atoms with Crippen LogP contribution >= 0.6 is 0 Å². The first-order valence-corrected chi connectivity index (χ1v) is 5.76. The highest BCUT2D eigenvalue weighted by Gasteiger charge is 2.24. The van der Waals surface area contributed by atoms with Gasteiger partial charge >= 0.3 is 0 Å². The molecule has 0 spiro atoms. The van der Waals surface area contributed by atoms with E-state index in [1.54, 1.807) is 6.20 Å². The molecule has 1 aromatic heterocycles. The van der Waals surface area contributed by atoms with Gasteiger partial charge in [-0.15, -0.1) is 0 Å². The van der Waals surface area contributed by atoms with Crippen molar-refractivity contribution in [3.8, 4) is 0 Å². The van der Waals surface area contributed by atoms with Gasteiger partial charge in [-0.25, -0.2) is 4.98 Å². The molecule has 1 aliphatic rings. The average Bonchev–Trinajstić information content (AvgIpc) is 3.01. The molecule has 0 aliphatic heterocycles. The zero-order valence-corrected chi connectivity index (χ0v) is 9.32. The van der Waals surface area contributed by atoms with Crippen LogP contribution in [0.5, 0.6) is 0 Å². The van der Waals surface area contributed by atoms with Crippen LogP contribution in [0, 0.1) is 5.92 Å². The summed E-state index contributed by atoms with van der Waals surface area (Å²) in [5.41, 5.74) is 6.92. The minimum absolute atomic E-state index is 0.615. The summed E-state index contributed by atoms with van der Waals surface area (Å²) in [6.45, 7) is 4.50. The fourth-order valence-corrected chi connectivity index (χ4v) is 1.84. The molecule has 0 atom stereocenters. The first kappa shape index (κ1) is 10.3. The zero-order valence-electron chi connectivity index (χ0n) is 9.32. The minimum atomic E-state index is 0.615. The first-order valence-electron chi connectivity index (χ1n) is 5.76. The maximum atomic E-state index is 5.70. The number of nitrogens with zero attached hydrogens (tertiary/aromatic N) is 2. The summed E-state index contributed by atoms with van der Waals surface area (Å²) in [5, 5.41) is 0. The smallest absolute Gasteiger partial charge is 0.125 e. The van der Waals surface area contributed by atoms with Crippen molar-refractivity contribution in [3.63, 3.8) is 0 Å². The van der Waals surface area contributed by atoms with Crippen molar-refractivity contribution in [2.75, 3.05) is 23.7 Å². The van der Waals surface area contributed by atoms with Gasteiger partial charge in [-0.1, -0.05) is 6.92 Å². The van der Waals surface area contributed by atoms with E-state index in [2.05, 4.69) is 22.9 Å². The highest BCUT2D eigenvalue weighted by molar-refractivity contribution is 5.52. The molecule has 2 N–H and O–H groups in total. The number of nitrogen functional groups attached to an aromatic ring is 1. The molecule has 0 saturated heterocycles. The molecule has 1 saturated carbocycles. The Morgan fingerprint density at radius 2 is 2.33 bits per heavy atom. The van der Waals surface area contributed by atoms with Crippen molar-refractivity contribution in [2.24, 2.45) is 5.92 Å². The second kappa shape index (κ2) is 4.51. The maximum absolute atomic E-state index is 5.70. The Kier molecular flexibility index (Phi) is 3.09. The van der Waals surface area contributed by atoms with Crippen molar-refractivity contribution in [3.05, 3.63) is 18.3 Å². The van der Waals surface area contributed by atoms with Crippen LogP contribution in [0.2, 0.25) is 0 Å². The van der Waals surface area contributed by atoms with Gasteiger partial charge in [-0.3, -0.25) is 0 Å². The predicted molar refractivity (Wildman–Crippen MR) is 63.9 cm³/mol. The highest BCUT2D eigenvalue weighted by Crippen LogP contribution is 2.31. The monoisotopic (exact) mass is 205 g/mol. The number of nitrogens with two attached hydrogens (primary N) is 1. The van der Waals surface area contributed by atoms with Crippen LogP contribution in [0.1, 0.15) is 26.2 Å². The molecular weight excluding hydrogens is 186 g/mol. The van der Waals surface area contributed by atoms with Gasteiger partial charge in [-0.05, 0) is 31.2 Å². The standard InChI is InChI=1S/C12H19N3/c1-2-7-15(9-10-3-4-10)11-5-6-14-12(13)8-11/h5-6,8,10H,2-4,7,9H2,1H3,(H2,13,14). The topological polar surface area (TPSA) is 42.2 Å². The number of pyridine rings is 1. The molecule has 1 fully saturated rings. The Morgan fingerprint density at radius 1 is 1.53 bits per heavy atom. The number of hydrogen-bond acceptors (Lipinski definition) is 3. The first-order chi connectivity index (χ1) is 7.29. The van der Waals surface area contributed by atoms with E-state index in [-0.39, 0.29) is 0 Å². The molecule has 1 aromatic rings. The lowest BCUT2D eigenvalue weighted by atomic mass is 10.2. The van der Waals surface area contributed by atoms with Crippen molar-refractivity contribution in [1.82, 2.24) is 4.98 Å². The molecule has 1 aliphatic carbocycles. The summed E-state index contributed by atoms with van der Waals surface area (Å²) in [4.78, 5) is 6.45. The molecule has 0 unspecified atom stereocenters. The molecule has 15 heavy (non-hydrogen) atoms. The minimum Gasteiger partial charge on any atom is -0.384 e. The lowest BCUT2D eigenvalue weighted by Gasteiger charge is -2.24. The highest BCUT2D eigenvalue weighted by atomic mass is 15.1. The van der Waals surface area contributed by atoms with Crippen molar-refractivity contribution >= 4 is 11.5 Å². The SMILES string of the molecule is CCCN(CC1CC1)c1ccnc(N)c1. The largest absolute Gasteiger partial charge is 0.384 e. The van der Waals surface area contributed by atoms with Crippen LogP contribution < -0.4 is 10.6 Å². The van der Waals surface area contributed by atoms with Crippen LogP contribution in [-0.2, 0) is 0 Å². The number of rotatable bonds is 5. The van der Waals surface area contributed by atoms with Crippen LogP contribution in [-0.4, -0.2) is 18.1 Å². The third kappa shape index (κ3) is 2.85. The van der Waals surface area contributed by atoms with E-state index in [1.165, 1.54) is 31.5 Å². The molecular formula is C12H19N3. The van der Waals surface area contributed by atoms with E-state index >= 15 is 0 Å². The van der Waals surface area contributed by atoms with Gasteiger partial charge in [0.1, 0.15) is 5.82 Å². The van der Waals surface area contributed by atoms with Gasteiger partial charge in [0.25, 0.3) is 0 Å². The molecule has 0 bridgehead atoms. The van der Waals surface area contributed by atoms with E-state index in [4.69, 9.17) is 5.73 Å². The van der Waals surface area contributed by atoms with Gasteiger partial charge in [-0.2, -0.15) is 0 Å². The fraction of sp³-hybridized carbons (Fsp3) is 0.583. The summed E-state index contributed by atoms with van der Waals surface area (Å²) in [6, 6.07) is 4.02. The van der Waals surface area contributed by atoms with Gasteiger partial charge in [0.15, 0.2) is 0 Å². The van der Waals surface area contributed by atoms with Gasteiger partial charge in [0.05, 0.1) is 0 Å². The van der Waals surface area contributed by atoms with Crippen molar-refractivity contribution in [1.29, 1.82) is 0 Å². The number of aromatic nitrogens is 1.